The minimum Gasteiger partial charge on any atom is -0.490 e. The zero-order valence-electron chi connectivity index (χ0n) is 17.7. The van der Waals surface area contributed by atoms with Crippen LogP contribution in [0.3, 0.4) is 0 Å². The summed E-state index contributed by atoms with van der Waals surface area (Å²) in [4.78, 5) is 11.9. The molecule has 0 aromatic heterocycles. The molecule has 0 amide bonds. The quantitative estimate of drug-likeness (QED) is 0.199. The third-order valence-electron chi connectivity index (χ3n) is 4.28. The van der Waals surface area contributed by atoms with Gasteiger partial charge < -0.3 is 14.2 Å². The van der Waals surface area contributed by atoms with E-state index in [-0.39, 0.29) is 12.2 Å². The maximum atomic E-state index is 11.9. The Morgan fingerprint density at radius 1 is 1.13 bits per heavy atom. The third-order valence-corrected chi connectivity index (χ3v) is 4.77. The highest BCUT2D eigenvalue weighted by atomic mass is 79.9. The lowest BCUT2D eigenvalue weighted by Crippen LogP contribution is -2.11. The van der Waals surface area contributed by atoms with Crippen LogP contribution in [0, 0.1) is 18.3 Å². The molecule has 6 heteroatoms. The van der Waals surface area contributed by atoms with Crippen LogP contribution in [0.2, 0.25) is 0 Å². The molecule has 0 saturated carbocycles. The van der Waals surface area contributed by atoms with Crippen LogP contribution in [-0.2, 0) is 9.53 Å². The van der Waals surface area contributed by atoms with Crippen LogP contribution < -0.4 is 9.47 Å². The summed E-state index contributed by atoms with van der Waals surface area (Å²) in [5.41, 5.74) is 2.81. The van der Waals surface area contributed by atoms with E-state index in [1.165, 1.54) is 6.08 Å². The standard InChI is InChI=1S/C24H26BrNO4/c1-5-28-24(27)19(15-26)13-18-14-20(25)7-9-22(18)29-10-11-30-23-12-17(4)6-8-21(23)16(2)3/h6-9,12-14,16H,5,10-11H2,1-4H3. The number of aryl methyl sites for hydroxylation is 1. The number of nitrogens with zero attached hydrogens (tertiary/aromatic N) is 1. The maximum absolute atomic E-state index is 11.9. The van der Waals surface area contributed by atoms with Crippen LogP contribution in [0.1, 0.15) is 43.4 Å². The van der Waals surface area contributed by atoms with Gasteiger partial charge in [-0.1, -0.05) is 41.9 Å². The molecule has 0 saturated heterocycles. The molecule has 0 aliphatic carbocycles. The highest BCUT2D eigenvalue weighted by Gasteiger charge is 2.13. The van der Waals surface area contributed by atoms with E-state index in [4.69, 9.17) is 14.2 Å². The summed E-state index contributed by atoms with van der Waals surface area (Å²) in [6.07, 6.45) is 1.47. The fourth-order valence-corrected chi connectivity index (χ4v) is 3.19. The van der Waals surface area contributed by atoms with Crippen LogP contribution >= 0.6 is 15.9 Å². The van der Waals surface area contributed by atoms with Crippen molar-refractivity contribution in [3.63, 3.8) is 0 Å². The van der Waals surface area contributed by atoms with Gasteiger partial charge in [-0.25, -0.2) is 4.79 Å². The van der Waals surface area contributed by atoms with Crippen LogP contribution in [0.25, 0.3) is 6.08 Å². The van der Waals surface area contributed by atoms with Crippen LogP contribution in [0.4, 0.5) is 0 Å². The molecule has 0 heterocycles. The van der Waals surface area contributed by atoms with E-state index >= 15 is 0 Å². The number of esters is 1. The van der Waals surface area contributed by atoms with Gasteiger partial charge in [-0.3, -0.25) is 0 Å². The first-order valence-electron chi connectivity index (χ1n) is 9.80. The highest BCUT2D eigenvalue weighted by molar-refractivity contribution is 9.10. The van der Waals surface area contributed by atoms with E-state index in [9.17, 15) is 10.1 Å². The Morgan fingerprint density at radius 3 is 2.47 bits per heavy atom. The summed E-state index contributed by atoms with van der Waals surface area (Å²) in [6, 6.07) is 13.5. The van der Waals surface area contributed by atoms with Gasteiger partial charge in [-0.05, 0) is 61.2 Å². The fraction of sp³-hybridized carbons (Fsp3) is 0.333. The summed E-state index contributed by atoms with van der Waals surface area (Å²) >= 11 is 3.41. The molecule has 0 bridgehead atoms. The summed E-state index contributed by atoms with van der Waals surface area (Å²) in [6.45, 7) is 8.87. The molecule has 0 spiro atoms. The van der Waals surface area contributed by atoms with Crippen molar-refractivity contribution in [1.29, 1.82) is 5.26 Å². The number of nitriles is 1. The molecule has 0 fully saturated rings. The van der Waals surface area contributed by atoms with Crippen molar-refractivity contribution < 1.29 is 19.0 Å². The molecule has 0 radical (unpaired) electrons. The predicted molar refractivity (Wildman–Crippen MR) is 121 cm³/mol. The Morgan fingerprint density at radius 2 is 1.83 bits per heavy atom. The van der Waals surface area contributed by atoms with Gasteiger partial charge in [0.05, 0.1) is 6.61 Å². The summed E-state index contributed by atoms with van der Waals surface area (Å²) in [5, 5.41) is 9.29. The molecule has 0 aliphatic rings. The zero-order chi connectivity index (χ0) is 22.1. The van der Waals surface area contributed by atoms with Gasteiger partial charge in [-0.15, -0.1) is 0 Å². The summed E-state index contributed by atoms with van der Waals surface area (Å²) < 4.78 is 17.6. The van der Waals surface area contributed by atoms with Crippen molar-refractivity contribution in [2.75, 3.05) is 19.8 Å². The van der Waals surface area contributed by atoms with Crippen molar-refractivity contribution >= 4 is 28.0 Å². The van der Waals surface area contributed by atoms with Crippen LogP contribution in [0.5, 0.6) is 11.5 Å². The molecule has 158 valence electrons. The van der Waals surface area contributed by atoms with Gasteiger partial charge in [0.25, 0.3) is 0 Å². The largest absolute Gasteiger partial charge is 0.490 e. The Balaban J connectivity index is 2.11. The van der Waals surface area contributed by atoms with Crippen molar-refractivity contribution in [3.05, 3.63) is 63.1 Å². The predicted octanol–water partition coefficient (Wildman–Crippen LogP) is 5.81. The molecule has 30 heavy (non-hydrogen) atoms. The second-order valence-electron chi connectivity index (χ2n) is 6.97. The molecule has 0 aliphatic heterocycles. The monoisotopic (exact) mass is 471 g/mol. The van der Waals surface area contributed by atoms with Gasteiger partial charge >= 0.3 is 5.97 Å². The number of benzene rings is 2. The normalized spacial score (nSPS) is 11.2. The minimum absolute atomic E-state index is 0.0858. The molecule has 5 nitrogen and oxygen atoms in total. The van der Waals surface area contributed by atoms with Gasteiger partial charge in [-0.2, -0.15) is 5.26 Å². The smallest absolute Gasteiger partial charge is 0.348 e. The zero-order valence-corrected chi connectivity index (χ0v) is 19.3. The second kappa shape index (κ2) is 11.4. The molecule has 2 aromatic carbocycles. The number of halogens is 1. The first-order chi connectivity index (χ1) is 14.3. The van der Waals surface area contributed by atoms with Crippen molar-refractivity contribution in [1.82, 2.24) is 0 Å². The Hall–Kier alpha value is -2.78. The van der Waals surface area contributed by atoms with E-state index in [0.29, 0.717) is 30.4 Å². The number of ether oxygens (including phenoxy) is 3. The molecular weight excluding hydrogens is 446 g/mol. The van der Waals surface area contributed by atoms with E-state index in [1.54, 1.807) is 19.1 Å². The number of hydrogen-bond acceptors (Lipinski definition) is 5. The van der Waals surface area contributed by atoms with Crippen molar-refractivity contribution in [3.8, 4) is 17.6 Å². The Kier molecular flexibility index (Phi) is 8.94. The van der Waals surface area contributed by atoms with E-state index in [2.05, 4.69) is 41.9 Å². The number of rotatable bonds is 9. The van der Waals surface area contributed by atoms with E-state index in [1.807, 2.05) is 25.1 Å². The van der Waals surface area contributed by atoms with Crippen molar-refractivity contribution in [2.24, 2.45) is 0 Å². The summed E-state index contributed by atoms with van der Waals surface area (Å²) in [7, 11) is 0. The Bertz CT molecular complexity index is 960. The SMILES string of the molecule is CCOC(=O)C(C#N)=Cc1cc(Br)ccc1OCCOc1cc(C)ccc1C(C)C. The molecular formula is C24H26BrNO4. The molecule has 2 rings (SSSR count). The van der Waals surface area contributed by atoms with Crippen LogP contribution in [-0.4, -0.2) is 25.8 Å². The van der Waals surface area contributed by atoms with Gasteiger partial charge in [0.2, 0.25) is 0 Å². The topological polar surface area (TPSA) is 68.6 Å². The maximum Gasteiger partial charge on any atom is 0.348 e. The van der Waals surface area contributed by atoms with Gasteiger partial charge in [0.1, 0.15) is 36.4 Å². The lowest BCUT2D eigenvalue weighted by atomic mass is 10.0. The third kappa shape index (κ3) is 6.64. The molecule has 0 N–H and O–H groups in total. The van der Waals surface area contributed by atoms with E-state index in [0.717, 1.165) is 21.3 Å². The fourth-order valence-electron chi connectivity index (χ4n) is 2.81. The summed E-state index contributed by atoms with van der Waals surface area (Å²) in [5.74, 6) is 1.11. The number of carbonyl (C=O) groups is 1. The van der Waals surface area contributed by atoms with E-state index < -0.39 is 5.97 Å². The second-order valence-corrected chi connectivity index (χ2v) is 7.88. The lowest BCUT2D eigenvalue weighted by molar-refractivity contribution is -0.137. The first kappa shape index (κ1) is 23.5. The average molecular weight is 472 g/mol. The lowest BCUT2D eigenvalue weighted by Gasteiger charge is -2.16. The van der Waals surface area contributed by atoms with Gasteiger partial charge in [0, 0.05) is 10.0 Å². The van der Waals surface area contributed by atoms with Crippen LogP contribution in [0.15, 0.2) is 46.4 Å². The minimum atomic E-state index is -0.657. The number of hydrogen-bond donors (Lipinski definition) is 0. The average Bonchev–Trinajstić information content (AvgIpc) is 2.70. The molecule has 0 atom stereocenters. The number of carbonyl (C=O) groups excluding carboxylic acids is 1. The molecule has 0 unspecified atom stereocenters. The highest BCUT2D eigenvalue weighted by Crippen LogP contribution is 2.28. The Labute approximate surface area is 186 Å². The molecule has 2 aromatic rings. The van der Waals surface area contributed by atoms with Crippen molar-refractivity contribution in [2.45, 2.75) is 33.6 Å². The van der Waals surface area contributed by atoms with Gasteiger partial charge in [0.15, 0.2) is 0 Å². The first-order valence-corrected chi connectivity index (χ1v) is 10.6.